The van der Waals surface area contributed by atoms with Crippen molar-refractivity contribution in [3.8, 4) is 5.75 Å². The Kier molecular flexibility index (Phi) is 4.12. The highest BCUT2D eigenvalue weighted by molar-refractivity contribution is 5.94. The third-order valence-electron chi connectivity index (χ3n) is 4.52. The lowest BCUT2D eigenvalue weighted by Gasteiger charge is -2.47. The minimum absolute atomic E-state index is 0.0645. The van der Waals surface area contributed by atoms with Crippen LogP contribution < -0.4 is 10.1 Å². The highest BCUT2D eigenvalue weighted by Gasteiger charge is 2.54. The predicted molar refractivity (Wildman–Crippen MR) is 77.5 cm³/mol. The predicted octanol–water partition coefficient (Wildman–Crippen LogP) is 1.47. The molecule has 0 unspecified atom stereocenters. The Hall–Kier alpha value is -1.59. The average molecular weight is 291 g/mol. The van der Waals surface area contributed by atoms with E-state index in [9.17, 15) is 4.79 Å². The van der Waals surface area contributed by atoms with Crippen LogP contribution in [-0.2, 0) is 9.47 Å². The Morgan fingerprint density at radius 1 is 1.43 bits per heavy atom. The summed E-state index contributed by atoms with van der Waals surface area (Å²) < 4.78 is 16.1. The van der Waals surface area contributed by atoms with Crippen LogP contribution in [-0.4, -0.2) is 45.5 Å². The summed E-state index contributed by atoms with van der Waals surface area (Å²) in [6, 6.07) is 7.33. The number of methoxy groups -OCH3 is 2. The van der Waals surface area contributed by atoms with Gasteiger partial charge in [-0.3, -0.25) is 4.79 Å². The molecule has 0 aromatic heterocycles. The number of hydrogen-bond donors (Lipinski definition) is 1. The van der Waals surface area contributed by atoms with E-state index in [2.05, 4.69) is 5.32 Å². The van der Waals surface area contributed by atoms with Gasteiger partial charge in [0.2, 0.25) is 0 Å². The van der Waals surface area contributed by atoms with Gasteiger partial charge in [0.15, 0.2) is 0 Å². The van der Waals surface area contributed by atoms with Crippen molar-refractivity contribution in [2.45, 2.75) is 18.6 Å². The molecule has 114 valence electrons. The van der Waals surface area contributed by atoms with Gasteiger partial charge >= 0.3 is 0 Å². The standard InChI is InChI=1S/C16H21NO4/c1-19-9-13-14(12-6-7-21-15(12)13)17-16(18)10-4-3-5-11(8-10)20-2/h3-5,8,12-15H,6-7,9H2,1-2H3,(H,17,18)/t12-,13+,14+,15-/m0/s1. The van der Waals surface area contributed by atoms with Crippen LogP contribution in [0.25, 0.3) is 0 Å². The highest BCUT2D eigenvalue weighted by atomic mass is 16.5. The summed E-state index contributed by atoms with van der Waals surface area (Å²) in [5.74, 6) is 1.29. The number of rotatable bonds is 5. The second-order valence-electron chi connectivity index (χ2n) is 5.64. The van der Waals surface area contributed by atoms with Crippen LogP contribution in [0.15, 0.2) is 24.3 Å². The number of ether oxygens (including phenoxy) is 3. The number of fused-ring (bicyclic) bond motifs is 1. The molecular formula is C16H21NO4. The van der Waals surface area contributed by atoms with E-state index in [1.165, 1.54) is 0 Å². The van der Waals surface area contributed by atoms with E-state index in [1.807, 2.05) is 12.1 Å². The fraction of sp³-hybridized carbons (Fsp3) is 0.562. The summed E-state index contributed by atoms with van der Waals surface area (Å²) in [4.78, 5) is 12.4. The number of carbonyl (C=O) groups is 1. The molecule has 1 heterocycles. The fourth-order valence-corrected chi connectivity index (χ4v) is 3.43. The summed E-state index contributed by atoms with van der Waals surface area (Å²) >= 11 is 0. The maximum absolute atomic E-state index is 12.4. The van der Waals surface area contributed by atoms with Crippen molar-refractivity contribution in [1.29, 1.82) is 0 Å². The van der Waals surface area contributed by atoms with Gasteiger partial charge in [0.05, 0.1) is 19.8 Å². The lowest BCUT2D eigenvalue weighted by Crippen LogP contribution is -2.62. The highest BCUT2D eigenvalue weighted by Crippen LogP contribution is 2.43. The monoisotopic (exact) mass is 291 g/mol. The molecule has 1 aliphatic heterocycles. The quantitative estimate of drug-likeness (QED) is 0.892. The van der Waals surface area contributed by atoms with Gasteiger partial charge in [0.1, 0.15) is 5.75 Å². The van der Waals surface area contributed by atoms with E-state index in [4.69, 9.17) is 14.2 Å². The van der Waals surface area contributed by atoms with Gasteiger partial charge in [-0.1, -0.05) is 6.07 Å². The van der Waals surface area contributed by atoms with Crippen LogP contribution in [0, 0.1) is 11.8 Å². The molecule has 21 heavy (non-hydrogen) atoms. The first-order valence-electron chi connectivity index (χ1n) is 7.30. The molecule has 2 aliphatic rings. The van der Waals surface area contributed by atoms with E-state index in [1.54, 1.807) is 26.4 Å². The Labute approximate surface area is 124 Å². The molecule has 1 aromatic carbocycles. The summed E-state index contributed by atoms with van der Waals surface area (Å²) in [5.41, 5.74) is 0.618. The van der Waals surface area contributed by atoms with Crippen molar-refractivity contribution in [3.05, 3.63) is 29.8 Å². The van der Waals surface area contributed by atoms with Gasteiger partial charge < -0.3 is 19.5 Å². The zero-order chi connectivity index (χ0) is 14.8. The van der Waals surface area contributed by atoms with E-state index in [0.29, 0.717) is 23.8 Å². The molecule has 5 heteroatoms. The maximum Gasteiger partial charge on any atom is 0.251 e. The first-order valence-corrected chi connectivity index (χ1v) is 7.30. The van der Waals surface area contributed by atoms with Gasteiger partial charge in [-0.05, 0) is 24.6 Å². The third kappa shape index (κ3) is 2.63. The van der Waals surface area contributed by atoms with Gasteiger partial charge in [-0.15, -0.1) is 0 Å². The summed E-state index contributed by atoms with van der Waals surface area (Å²) in [5, 5.41) is 3.14. The molecule has 2 fully saturated rings. The van der Waals surface area contributed by atoms with Crippen LogP contribution in [0.1, 0.15) is 16.8 Å². The van der Waals surface area contributed by atoms with Gasteiger partial charge in [-0.2, -0.15) is 0 Å². The number of carbonyl (C=O) groups excluding carboxylic acids is 1. The molecule has 1 amide bonds. The maximum atomic E-state index is 12.4. The molecule has 3 rings (SSSR count). The van der Waals surface area contributed by atoms with Crippen LogP contribution in [0.2, 0.25) is 0 Å². The summed E-state index contributed by atoms with van der Waals surface area (Å²) in [6.07, 6.45) is 1.24. The lowest BCUT2D eigenvalue weighted by atomic mass is 9.67. The summed E-state index contributed by atoms with van der Waals surface area (Å²) in [6.45, 7) is 1.39. The molecule has 1 aliphatic carbocycles. The number of hydrogen-bond acceptors (Lipinski definition) is 4. The smallest absolute Gasteiger partial charge is 0.251 e. The van der Waals surface area contributed by atoms with E-state index in [-0.39, 0.29) is 24.0 Å². The number of benzene rings is 1. The molecule has 0 spiro atoms. The van der Waals surface area contributed by atoms with Crippen molar-refractivity contribution in [2.75, 3.05) is 27.4 Å². The van der Waals surface area contributed by atoms with E-state index in [0.717, 1.165) is 13.0 Å². The zero-order valence-corrected chi connectivity index (χ0v) is 12.4. The van der Waals surface area contributed by atoms with Crippen LogP contribution in [0.3, 0.4) is 0 Å². The van der Waals surface area contributed by atoms with Crippen LogP contribution in [0.5, 0.6) is 5.75 Å². The minimum atomic E-state index is -0.0645. The second kappa shape index (κ2) is 6.03. The van der Waals surface area contributed by atoms with Crippen molar-refractivity contribution in [3.63, 3.8) is 0 Å². The Bertz CT molecular complexity index is 519. The molecule has 0 bridgehead atoms. The van der Waals surface area contributed by atoms with Gasteiger partial charge in [-0.25, -0.2) is 0 Å². The first kappa shape index (κ1) is 14.4. The van der Waals surface area contributed by atoms with E-state index < -0.39 is 0 Å². The first-order chi connectivity index (χ1) is 10.2. The largest absolute Gasteiger partial charge is 0.497 e. The third-order valence-corrected chi connectivity index (χ3v) is 4.52. The number of nitrogens with one attached hydrogen (secondary N) is 1. The average Bonchev–Trinajstić information content (AvgIpc) is 2.94. The topological polar surface area (TPSA) is 56.8 Å². The Morgan fingerprint density at radius 3 is 3.05 bits per heavy atom. The Morgan fingerprint density at radius 2 is 2.29 bits per heavy atom. The molecule has 0 radical (unpaired) electrons. The fourth-order valence-electron chi connectivity index (χ4n) is 3.43. The number of amides is 1. The van der Waals surface area contributed by atoms with E-state index >= 15 is 0 Å². The lowest BCUT2D eigenvalue weighted by molar-refractivity contribution is -0.0809. The van der Waals surface area contributed by atoms with Crippen LogP contribution >= 0.6 is 0 Å². The van der Waals surface area contributed by atoms with Crippen molar-refractivity contribution in [2.24, 2.45) is 11.8 Å². The zero-order valence-electron chi connectivity index (χ0n) is 12.4. The Balaban J connectivity index is 1.68. The molecule has 1 aromatic rings. The van der Waals surface area contributed by atoms with Gasteiger partial charge in [0, 0.05) is 37.2 Å². The minimum Gasteiger partial charge on any atom is -0.497 e. The molecule has 5 nitrogen and oxygen atoms in total. The van der Waals surface area contributed by atoms with Crippen molar-refractivity contribution in [1.82, 2.24) is 5.32 Å². The molecule has 4 atom stereocenters. The SMILES string of the molecule is COC[C@@H]1[C@H](NC(=O)c2cccc(OC)c2)[C@@H]2CCO[C@H]12. The molecular weight excluding hydrogens is 270 g/mol. The molecule has 1 N–H and O–H groups in total. The van der Waals surface area contributed by atoms with Crippen molar-refractivity contribution >= 4 is 5.91 Å². The molecule has 1 saturated carbocycles. The van der Waals surface area contributed by atoms with Crippen molar-refractivity contribution < 1.29 is 19.0 Å². The second-order valence-corrected chi connectivity index (χ2v) is 5.64. The van der Waals surface area contributed by atoms with Crippen LogP contribution in [0.4, 0.5) is 0 Å². The van der Waals surface area contributed by atoms with Gasteiger partial charge in [0.25, 0.3) is 5.91 Å². The summed E-state index contributed by atoms with van der Waals surface area (Å²) in [7, 11) is 3.28. The normalized spacial score (nSPS) is 30.4. The molecule has 1 saturated heterocycles.